The van der Waals surface area contributed by atoms with Crippen molar-refractivity contribution >= 4 is 11.5 Å². The van der Waals surface area contributed by atoms with Crippen LogP contribution in [0.2, 0.25) is 0 Å². The standard InChI is InChI=1S/C19H21NO/c1-12-6-8-14-16(10-12)19(2,3)17-11-13(20(4)5)7-9-15(17)18(14)21/h6-11H,1-5H3. The highest BCUT2D eigenvalue weighted by Gasteiger charge is 2.36. The number of carbonyl (C=O) groups is 1. The van der Waals surface area contributed by atoms with Crippen LogP contribution in [0.1, 0.15) is 46.5 Å². The monoisotopic (exact) mass is 279 g/mol. The van der Waals surface area contributed by atoms with E-state index in [0.29, 0.717) is 0 Å². The normalized spacial score (nSPS) is 15.4. The van der Waals surface area contributed by atoms with E-state index in [2.05, 4.69) is 37.8 Å². The molecule has 0 radical (unpaired) electrons. The molecule has 2 aromatic carbocycles. The van der Waals surface area contributed by atoms with Crippen molar-refractivity contribution in [2.45, 2.75) is 26.2 Å². The molecule has 0 unspecified atom stereocenters. The number of ketones is 1. The third kappa shape index (κ3) is 1.98. The molecular formula is C19H21NO. The van der Waals surface area contributed by atoms with Crippen molar-refractivity contribution in [2.75, 3.05) is 19.0 Å². The van der Waals surface area contributed by atoms with Crippen LogP contribution in [0.25, 0.3) is 0 Å². The summed E-state index contributed by atoms with van der Waals surface area (Å²) in [5.74, 6) is 0.143. The molecule has 0 spiro atoms. The highest BCUT2D eigenvalue weighted by atomic mass is 16.1. The van der Waals surface area contributed by atoms with Gasteiger partial charge in [-0.25, -0.2) is 0 Å². The molecule has 0 N–H and O–H groups in total. The summed E-state index contributed by atoms with van der Waals surface area (Å²) in [5.41, 5.74) is 6.11. The van der Waals surface area contributed by atoms with Gasteiger partial charge in [-0.15, -0.1) is 0 Å². The lowest BCUT2D eigenvalue weighted by molar-refractivity contribution is 0.103. The van der Waals surface area contributed by atoms with E-state index in [1.54, 1.807) is 0 Å². The zero-order valence-corrected chi connectivity index (χ0v) is 13.3. The fourth-order valence-electron chi connectivity index (χ4n) is 3.19. The van der Waals surface area contributed by atoms with E-state index in [1.165, 1.54) is 5.56 Å². The third-order valence-electron chi connectivity index (χ3n) is 4.53. The van der Waals surface area contributed by atoms with E-state index in [-0.39, 0.29) is 11.2 Å². The number of hydrogen-bond acceptors (Lipinski definition) is 2. The van der Waals surface area contributed by atoms with Crippen LogP contribution in [0.3, 0.4) is 0 Å². The van der Waals surface area contributed by atoms with Gasteiger partial charge in [0, 0.05) is 36.3 Å². The van der Waals surface area contributed by atoms with Gasteiger partial charge >= 0.3 is 0 Å². The molecule has 0 aromatic heterocycles. The Balaban J connectivity index is 2.30. The summed E-state index contributed by atoms with van der Waals surface area (Å²) in [6.07, 6.45) is 0. The second-order valence-electron chi connectivity index (χ2n) is 6.63. The maximum Gasteiger partial charge on any atom is 0.193 e. The Morgan fingerprint density at radius 1 is 0.905 bits per heavy atom. The van der Waals surface area contributed by atoms with Crippen LogP contribution in [0.5, 0.6) is 0 Å². The molecule has 0 saturated heterocycles. The van der Waals surface area contributed by atoms with Crippen LogP contribution in [0.15, 0.2) is 36.4 Å². The van der Waals surface area contributed by atoms with Gasteiger partial charge in [0.25, 0.3) is 0 Å². The lowest BCUT2D eigenvalue weighted by Crippen LogP contribution is -2.31. The third-order valence-corrected chi connectivity index (χ3v) is 4.53. The summed E-state index contributed by atoms with van der Waals surface area (Å²) < 4.78 is 0. The number of hydrogen-bond donors (Lipinski definition) is 0. The van der Waals surface area contributed by atoms with Gasteiger partial charge < -0.3 is 4.90 Å². The molecule has 0 heterocycles. The van der Waals surface area contributed by atoms with Crippen LogP contribution >= 0.6 is 0 Å². The van der Waals surface area contributed by atoms with Crippen molar-refractivity contribution in [1.29, 1.82) is 0 Å². The number of rotatable bonds is 1. The number of benzene rings is 2. The van der Waals surface area contributed by atoms with Crippen LogP contribution in [0.4, 0.5) is 5.69 Å². The maximum absolute atomic E-state index is 12.8. The summed E-state index contributed by atoms with van der Waals surface area (Å²) in [5, 5.41) is 0. The molecule has 2 aromatic rings. The Morgan fingerprint density at radius 2 is 1.48 bits per heavy atom. The van der Waals surface area contributed by atoms with Crippen LogP contribution < -0.4 is 4.90 Å². The molecule has 0 fully saturated rings. The number of anilines is 1. The molecule has 3 rings (SSSR count). The van der Waals surface area contributed by atoms with Crippen molar-refractivity contribution in [3.05, 3.63) is 64.2 Å². The smallest absolute Gasteiger partial charge is 0.193 e. The van der Waals surface area contributed by atoms with Crippen LogP contribution in [-0.2, 0) is 5.41 Å². The van der Waals surface area contributed by atoms with Crippen molar-refractivity contribution in [3.63, 3.8) is 0 Å². The first-order chi connectivity index (χ1) is 9.82. The number of carbonyl (C=O) groups excluding carboxylic acids is 1. The van der Waals surface area contributed by atoms with Gasteiger partial charge in [-0.2, -0.15) is 0 Å². The Morgan fingerprint density at radius 3 is 2.10 bits per heavy atom. The van der Waals surface area contributed by atoms with Crippen LogP contribution in [-0.4, -0.2) is 19.9 Å². The van der Waals surface area contributed by atoms with E-state index >= 15 is 0 Å². The molecule has 0 atom stereocenters. The summed E-state index contributed by atoms with van der Waals surface area (Å²) >= 11 is 0. The fraction of sp³-hybridized carbons (Fsp3) is 0.316. The largest absolute Gasteiger partial charge is 0.378 e. The van der Waals surface area contributed by atoms with Gasteiger partial charge in [-0.05, 0) is 36.2 Å². The van der Waals surface area contributed by atoms with E-state index in [0.717, 1.165) is 27.9 Å². The van der Waals surface area contributed by atoms with E-state index in [1.807, 2.05) is 38.4 Å². The van der Waals surface area contributed by atoms with Gasteiger partial charge in [0.1, 0.15) is 0 Å². The lowest BCUT2D eigenvalue weighted by Gasteiger charge is -2.35. The average molecular weight is 279 g/mol. The zero-order valence-electron chi connectivity index (χ0n) is 13.3. The molecule has 2 nitrogen and oxygen atoms in total. The van der Waals surface area contributed by atoms with E-state index < -0.39 is 0 Å². The van der Waals surface area contributed by atoms with Crippen molar-refractivity contribution in [3.8, 4) is 0 Å². The zero-order chi connectivity index (χ0) is 15.4. The summed E-state index contributed by atoms with van der Waals surface area (Å²) in [6, 6.07) is 12.3. The summed E-state index contributed by atoms with van der Waals surface area (Å²) in [6.45, 7) is 6.48. The first kappa shape index (κ1) is 13.9. The molecule has 0 saturated carbocycles. The highest BCUT2D eigenvalue weighted by molar-refractivity contribution is 6.13. The van der Waals surface area contributed by atoms with E-state index in [4.69, 9.17) is 0 Å². The minimum atomic E-state index is -0.156. The molecular weight excluding hydrogens is 258 g/mol. The molecule has 21 heavy (non-hydrogen) atoms. The van der Waals surface area contributed by atoms with Gasteiger partial charge in [0.15, 0.2) is 5.78 Å². The van der Waals surface area contributed by atoms with Crippen LogP contribution in [0, 0.1) is 6.92 Å². The van der Waals surface area contributed by atoms with Gasteiger partial charge in [0.2, 0.25) is 0 Å². The van der Waals surface area contributed by atoms with Crippen molar-refractivity contribution in [2.24, 2.45) is 0 Å². The summed E-state index contributed by atoms with van der Waals surface area (Å²) in [7, 11) is 4.05. The number of nitrogens with zero attached hydrogens (tertiary/aromatic N) is 1. The Labute approximate surface area is 126 Å². The summed E-state index contributed by atoms with van der Waals surface area (Å²) in [4.78, 5) is 14.9. The quantitative estimate of drug-likeness (QED) is 0.788. The predicted octanol–water partition coefficient (Wildman–Crippen LogP) is 3.93. The lowest BCUT2D eigenvalue weighted by atomic mass is 9.68. The molecule has 1 aliphatic rings. The number of aryl methyl sites for hydroxylation is 1. The number of fused-ring (bicyclic) bond motifs is 2. The fourth-order valence-corrected chi connectivity index (χ4v) is 3.19. The van der Waals surface area contributed by atoms with Gasteiger partial charge in [0.05, 0.1) is 0 Å². The second kappa shape index (κ2) is 4.45. The SMILES string of the molecule is Cc1ccc2c(c1)C(C)(C)c1cc(N(C)C)ccc1C2=O. The molecule has 2 heteroatoms. The Kier molecular flexibility index (Phi) is 2.94. The topological polar surface area (TPSA) is 20.3 Å². The minimum Gasteiger partial charge on any atom is -0.378 e. The van der Waals surface area contributed by atoms with Gasteiger partial charge in [-0.1, -0.05) is 37.6 Å². The molecule has 108 valence electrons. The average Bonchev–Trinajstić information content (AvgIpc) is 2.44. The molecule has 1 aliphatic carbocycles. The molecule has 0 amide bonds. The van der Waals surface area contributed by atoms with E-state index in [9.17, 15) is 4.79 Å². The predicted molar refractivity (Wildman–Crippen MR) is 87.5 cm³/mol. The molecule has 0 aliphatic heterocycles. The second-order valence-corrected chi connectivity index (χ2v) is 6.63. The highest BCUT2D eigenvalue weighted by Crippen LogP contribution is 2.42. The first-order valence-electron chi connectivity index (χ1n) is 7.30. The Bertz CT molecular complexity index is 741. The maximum atomic E-state index is 12.8. The minimum absolute atomic E-state index is 0.143. The van der Waals surface area contributed by atoms with Crippen molar-refractivity contribution < 1.29 is 4.79 Å². The Hall–Kier alpha value is -2.09. The van der Waals surface area contributed by atoms with Crippen molar-refractivity contribution in [1.82, 2.24) is 0 Å². The first-order valence-corrected chi connectivity index (χ1v) is 7.30. The van der Waals surface area contributed by atoms with Gasteiger partial charge in [-0.3, -0.25) is 4.79 Å². The molecule has 0 bridgehead atoms.